The van der Waals surface area contributed by atoms with Crippen LogP contribution in [0.2, 0.25) is 0 Å². The van der Waals surface area contributed by atoms with Gasteiger partial charge in [0.2, 0.25) is 0 Å². The molecule has 1 N–H and O–H groups in total. The van der Waals surface area contributed by atoms with Crippen LogP contribution >= 0.6 is 0 Å². The summed E-state index contributed by atoms with van der Waals surface area (Å²) in [5.41, 5.74) is 5.12. The van der Waals surface area contributed by atoms with Gasteiger partial charge in [-0.1, -0.05) is 84.9 Å². The van der Waals surface area contributed by atoms with E-state index in [1.807, 2.05) is 42.5 Å². The molecule has 5 heteroatoms. The first-order valence-corrected chi connectivity index (χ1v) is 11.6. The predicted octanol–water partition coefficient (Wildman–Crippen LogP) is 6.69. The Morgan fingerprint density at radius 1 is 0.829 bits per heavy atom. The van der Waals surface area contributed by atoms with E-state index in [1.54, 1.807) is 24.1 Å². The standard InChI is InChI=1S/C30H28FNO3/c1-32(21-30(33)34)20-19-28(25-15-17-26(31)18-16-25)35-29-10-6-5-9-27(29)24-13-11-23(12-14-24)22-7-3-2-4-8-22/h2-18,28H,19-21H2,1H3,(H,33,34). The van der Waals surface area contributed by atoms with Gasteiger partial charge in [-0.2, -0.15) is 0 Å². The number of likely N-dealkylation sites (N-methyl/N-ethyl adjacent to an activating group) is 1. The van der Waals surface area contributed by atoms with E-state index in [0.717, 1.165) is 33.6 Å². The lowest BCUT2D eigenvalue weighted by Crippen LogP contribution is -2.28. The molecule has 0 bridgehead atoms. The highest BCUT2D eigenvalue weighted by atomic mass is 19.1. The Hall–Kier alpha value is -3.96. The number of aliphatic carboxylic acids is 1. The van der Waals surface area contributed by atoms with Crippen molar-refractivity contribution in [3.8, 4) is 28.0 Å². The lowest BCUT2D eigenvalue weighted by atomic mass is 9.99. The van der Waals surface area contributed by atoms with Crippen LogP contribution in [0.4, 0.5) is 4.39 Å². The number of nitrogens with zero attached hydrogens (tertiary/aromatic N) is 1. The van der Waals surface area contributed by atoms with E-state index in [-0.39, 0.29) is 18.5 Å². The van der Waals surface area contributed by atoms with E-state index in [9.17, 15) is 9.18 Å². The fraction of sp³-hybridized carbons (Fsp3) is 0.167. The number of ether oxygens (including phenoxy) is 1. The van der Waals surface area contributed by atoms with Crippen LogP contribution in [0.1, 0.15) is 18.1 Å². The van der Waals surface area contributed by atoms with Gasteiger partial charge in [0.15, 0.2) is 0 Å². The molecular weight excluding hydrogens is 441 g/mol. The Morgan fingerprint density at radius 3 is 2.11 bits per heavy atom. The average Bonchev–Trinajstić information content (AvgIpc) is 2.87. The summed E-state index contributed by atoms with van der Waals surface area (Å²) in [6, 6.07) is 32.7. The highest BCUT2D eigenvalue weighted by Gasteiger charge is 2.18. The zero-order valence-electron chi connectivity index (χ0n) is 19.6. The smallest absolute Gasteiger partial charge is 0.317 e. The minimum atomic E-state index is -0.879. The van der Waals surface area contributed by atoms with Gasteiger partial charge < -0.3 is 9.84 Å². The van der Waals surface area contributed by atoms with Crippen LogP contribution in [-0.4, -0.2) is 36.1 Å². The highest BCUT2D eigenvalue weighted by molar-refractivity contribution is 5.74. The maximum Gasteiger partial charge on any atom is 0.317 e. The molecule has 4 rings (SSSR count). The summed E-state index contributed by atoms with van der Waals surface area (Å²) in [6.07, 6.45) is 0.188. The van der Waals surface area contributed by atoms with Crippen LogP contribution in [0.3, 0.4) is 0 Å². The van der Waals surface area contributed by atoms with Gasteiger partial charge in [-0.15, -0.1) is 0 Å². The van der Waals surface area contributed by atoms with Gasteiger partial charge in [-0.3, -0.25) is 9.69 Å². The quantitative estimate of drug-likeness (QED) is 0.281. The maximum absolute atomic E-state index is 13.6. The molecule has 0 spiro atoms. The van der Waals surface area contributed by atoms with Crippen molar-refractivity contribution in [3.05, 3.63) is 115 Å². The average molecular weight is 470 g/mol. The lowest BCUT2D eigenvalue weighted by Gasteiger charge is -2.24. The third-order valence-electron chi connectivity index (χ3n) is 5.88. The Morgan fingerprint density at radius 2 is 1.43 bits per heavy atom. The Bertz CT molecular complexity index is 1240. The third kappa shape index (κ3) is 6.55. The number of carboxylic acids is 1. The highest BCUT2D eigenvalue weighted by Crippen LogP contribution is 2.35. The van der Waals surface area contributed by atoms with Crippen molar-refractivity contribution < 1.29 is 19.0 Å². The first kappa shape index (κ1) is 24.2. The molecule has 4 aromatic rings. The molecule has 0 aliphatic carbocycles. The number of benzene rings is 4. The number of halogens is 1. The zero-order valence-corrected chi connectivity index (χ0v) is 19.6. The number of hydrogen-bond acceptors (Lipinski definition) is 3. The molecule has 4 aromatic carbocycles. The van der Waals surface area contributed by atoms with Gasteiger partial charge in [0.25, 0.3) is 0 Å². The second-order valence-electron chi connectivity index (χ2n) is 8.52. The van der Waals surface area contributed by atoms with E-state index >= 15 is 0 Å². The summed E-state index contributed by atoms with van der Waals surface area (Å²) in [5, 5.41) is 9.07. The van der Waals surface area contributed by atoms with Crippen molar-refractivity contribution in [2.75, 3.05) is 20.1 Å². The molecule has 0 fully saturated rings. The van der Waals surface area contributed by atoms with Gasteiger partial charge >= 0.3 is 5.97 Å². The molecule has 4 nitrogen and oxygen atoms in total. The monoisotopic (exact) mass is 469 g/mol. The molecule has 178 valence electrons. The van der Waals surface area contributed by atoms with Crippen LogP contribution in [-0.2, 0) is 4.79 Å². The zero-order chi connectivity index (χ0) is 24.6. The molecule has 0 aromatic heterocycles. The second-order valence-corrected chi connectivity index (χ2v) is 8.52. The van der Waals surface area contributed by atoms with Crippen LogP contribution in [0.5, 0.6) is 5.75 Å². The van der Waals surface area contributed by atoms with E-state index in [0.29, 0.717) is 13.0 Å². The van der Waals surface area contributed by atoms with Crippen LogP contribution in [0.15, 0.2) is 103 Å². The number of para-hydroxylation sites is 1. The van der Waals surface area contributed by atoms with E-state index in [4.69, 9.17) is 9.84 Å². The minimum absolute atomic E-state index is 0.0551. The molecule has 0 aliphatic rings. The van der Waals surface area contributed by atoms with Crippen LogP contribution in [0.25, 0.3) is 22.3 Å². The second kappa shape index (κ2) is 11.4. The SMILES string of the molecule is CN(CCC(Oc1ccccc1-c1ccc(-c2ccccc2)cc1)c1ccc(F)cc1)CC(=O)O. The molecule has 0 saturated heterocycles. The number of rotatable bonds is 10. The Kier molecular flexibility index (Phi) is 7.91. The van der Waals surface area contributed by atoms with Crippen molar-refractivity contribution >= 4 is 5.97 Å². The topological polar surface area (TPSA) is 49.8 Å². The molecule has 0 aliphatic heterocycles. The minimum Gasteiger partial charge on any atom is -0.485 e. The maximum atomic E-state index is 13.6. The van der Waals surface area contributed by atoms with Crippen molar-refractivity contribution in [3.63, 3.8) is 0 Å². The van der Waals surface area contributed by atoms with Gasteiger partial charge in [-0.05, 0) is 47.5 Å². The van der Waals surface area contributed by atoms with Gasteiger partial charge in [0, 0.05) is 18.5 Å². The summed E-state index contributed by atoms with van der Waals surface area (Å²) in [7, 11) is 1.76. The fourth-order valence-electron chi connectivity index (χ4n) is 4.05. The molecule has 0 amide bonds. The molecule has 0 heterocycles. The predicted molar refractivity (Wildman–Crippen MR) is 137 cm³/mol. The molecule has 35 heavy (non-hydrogen) atoms. The summed E-state index contributed by atoms with van der Waals surface area (Å²) in [4.78, 5) is 12.8. The van der Waals surface area contributed by atoms with Crippen molar-refractivity contribution in [1.82, 2.24) is 4.90 Å². The van der Waals surface area contributed by atoms with E-state index in [1.165, 1.54) is 12.1 Å². The van der Waals surface area contributed by atoms with Gasteiger partial charge in [0.1, 0.15) is 17.7 Å². The first-order chi connectivity index (χ1) is 17.0. The lowest BCUT2D eigenvalue weighted by molar-refractivity contribution is -0.138. The van der Waals surface area contributed by atoms with Crippen LogP contribution in [0, 0.1) is 5.82 Å². The molecule has 0 saturated carbocycles. The molecule has 1 unspecified atom stereocenters. The van der Waals surface area contributed by atoms with Crippen LogP contribution < -0.4 is 4.74 Å². The molecule has 1 atom stereocenters. The van der Waals surface area contributed by atoms with Gasteiger partial charge in [0.05, 0.1) is 6.54 Å². The van der Waals surface area contributed by atoms with Gasteiger partial charge in [-0.25, -0.2) is 4.39 Å². The first-order valence-electron chi connectivity index (χ1n) is 11.6. The van der Waals surface area contributed by atoms with Crippen molar-refractivity contribution in [1.29, 1.82) is 0 Å². The summed E-state index contributed by atoms with van der Waals surface area (Å²) >= 11 is 0. The Balaban J connectivity index is 1.59. The summed E-state index contributed by atoms with van der Waals surface area (Å²) < 4.78 is 20.1. The fourth-order valence-corrected chi connectivity index (χ4v) is 4.05. The number of hydrogen-bond donors (Lipinski definition) is 1. The van der Waals surface area contributed by atoms with E-state index < -0.39 is 5.97 Å². The number of carboxylic acid groups (broad SMARTS) is 1. The normalized spacial score (nSPS) is 11.9. The van der Waals surface area contributed by atoms with E-state index in [2.05, 4.69) is 36.4 Å². The summed E-state index contributed by atoms with van der Waals surface area (Å²) in [6.45, 7) is 0.461. The summed E-state index contributed by atoms with van der Waals surface area (Å²) in [5.74, 6) is -0.472. The molecule has 0 radical (unpaired) electrons. The molecular formula is C30H28FNO3. The van der Waals surface area contributed by atoms with Crippen molar-refractivity contribution in [2.24, 2.45) is 0 Å². The largest absolute Gasteiger partial charge is 0.485 e. The van der Waals surface area contributed by atoms with Crippen molar-refractivity contribution in [2.45, 2.75) is 12.5 Å². The third-order valence-corrected chi connectivity index (χ3v) is 5.88. The Labute approximate surface area is 205 Å². The number of carbonyl (C=O) groups is 1.